The molecule has 0 amide bonds. The van der Waals surface area contributed by atoms with Crippen molar-refractivity contribution < 1.29 is 23.7 Å². The molecule has 0 spiro atoms. The molecule has 2 aromatic rings. The summed E-state index contributed by atoms with van der Waals surface area (Å²) in [6.07, 6.45) is 2.79. The molecule has 4 saturated heterocycles. The van der Waals surface area contributed by atoms with Crippen LogP contribution in [0.5, 0.6) is 0 Å². The Hall–Kier alpha value is -1.76. The smallest absolute Gasteiger partial charge is 0.112 e. The number of rotatable bonds is 10. The van der Waals surface area contributed by atoms with Crippen LogP contribution in [0.3, 0.4) is 0 Å². The lowest BCUT2D eigenvalue weighted by Crippen LogP contribution is -2.22. The molecule has 5 nitrogen and oxygen atoms in total. The first kappa shape index (κ1) is 21.8. The average Bonchev–Trinajstić information content (AvgIpc) is 3.59. The minimum atomic E-state index is -0.0937. The van der Waals surface area contributed by atoms with E-state index in [0.717, 1.165) is 39.3 Å². The summed E-state index contributed by atoms with van der Waals surface area (Å²) in [6.45, 7) is 12.1. The summed E-state index contributed by atoms with van der Waals surface area (Å²) in [5.41, 5.74) is 10.3. The van der Waals surface area contributed by atoms with Gasteiger partial charge in [0.15, 0.2) is 0 Å². The second-order valence-electron chi connectivity index (χ2n) is 10.3. The van der Waals surface area contributed by atoms with Gasteiger partial charge < -0.3 is 23.7 Å². The van der Waals surface area contributed by atoms with Crippen molar-refractivity contribution in [3.05, 3.63) is 68.8 Å². The van der Waals surface area contributed by atoms with Gasteiger partial charge in [-0.2, -0.15) is 0 Å². The van der Waals surface area contributed by atoms with Crippen LogP contribution in [0.1, 0.15) is 56.7 Å². The normalized spacial score (nSPS) is 29.0. The molecule has 176 valence electrons. The Kier molecular flexibility index (Phi) is 5.58. The Labute approximate surface area is 196 Å². The summed E-state index contributed by atoms with van der Waals surface area (Å²) in [7, 11) is 0. The molecule has 0 radical (unpaired) electrons. The van der Waals surface area contributed by atoms with E-state index < -0.39 is 0 Å². The van der Waals surface area contributed by atoms with Gasteiger partial charge in [-0.15, -0.1) is 0 Å². The third-order valence-corrected chi connectivity index (χ3v) is 7.29. The molecule has 0 saturated carbocycles. The van der Waals surface area contributed by atoms with Gasteiger partial charge in [-0.3, -0.25) is 0 Å². The first-order valence-electron chi connectivity index (χ1n) is 12.3. The highest BCUT2D eigenvalue weighted by Gasteiger charge is 2.44. The van der Waals surface area contributed by atoms with Crippen molar-refractivity contribution in [2.75, 3.05) is 26.4 Å². The first-order chi connectivity index (χ1) is 16.0. The third-order valence-electron chi connectivity index (χ3n) is 7.29. The highest BCUT2D eigenvalue weighted by Crippen LogP contribution is 2.44. The summed E-state index contributed by atoms with van der Waals surface area (Å²) in [6, 6.07) is 9.21. The second-order valence-corrected chi connectivity index (χ2v) is 10.3. The zero-order chi connectivity index (χ0) is 22.7. The zero-order valence-electron chi connectivity index (χ0n) is 20.1. The monoisotopic (exact) mass is 450 g/mol. The van der Waals surface area contributed by atoms with E-state index in [4.69, 9.17) is 23.7 Å². The summed E-state index contributed by atoms with van der Waals surface area (Å²) in [5.74, 6) is 0. The lowest BCUT2D eigenvalue weighted by atomic mass is 9.90. The van der Waals surface area contributed by atoms with Crippen molar-refractivity contribution in [3.63, 3.8) is 0 Å². The summed E-state index contributed by atoms with van der Waals surface area (Å²) in [4.78, 5) is 0. The molecule has 5 heteroatoms. The maximum Gasteiger partial charge on any atom is 0.112 e. The van der Waals surface area contributed by atoms with Crippen LogP contribution in [0.2, 0.25) is 0 Å². The highest BCUT2D eigenvalue weighted by molar-refractivity contribution is 5.43. The maximum absolute atomic E-state index is 6.96. The van der Waals surface area contributed by atoms with Gasteiger partial charge in [-0.25, -0.2) is 0 Å². The first-order valence-corrected chi connectivity index (χ1v) is 12.3. The molecular formula is C28H34O5. The fraction of sp³-hybridized carbons (Fsp3) is 0.571. The SMILES string of the molecule is Cc1cc(CC2CO2)cc(C)c1C(OC(c1c(C)cc(CC2CO2)cc1C)C1CO1)C1CO1. The van der Waals surface area contributed by atoms with Gasteiger partial charge in [0.1, 0.15) is 24.4 Å². The Morgan fingerprint density at radius 2 is 0.970 bits per heavy atom. The lowest BCUT2D eigenvalue weighted by molar-refractivity contribution is -0.0430. The van der Waals surface area contributed by atoms with Crippen LogP contribution < -0.4 is 0 Å². The van der Waals surface area contributed by atoms with E-state index in [1.54, 1.807) is 0 Å². The quantitative estimate of drug-likeness (QED) is 0.502. The van der Waals surface area contributed by atoms with E-state index in [1.165, 1.54) is 44.5 Å². The number of hydrogen-bond donors (Lipinski definition) is 0. The molecule has 2 aromatic carbocycles. The van der Waals surface area contributed by atoms with Crippen LogP contribution in [0.15, 0.2) is 24.3 Å². The van der Waals surface area contributed by atoms with Gasteiger partial charge in [0.25, 0.3) is 0 Å². The van der Waals surface area contributed by atoms with Crippen molar-refractivity contribution in [1.29, 1.82) is 0 Å². The summed E-state index contributed by atoms with van der Waals surface area (Å²) in [5, 5.41) is 0. The number of hydrogen-bond acceptors (Lipinski definition) is 5. The van der Waals surface area contributed by atoms with E-state index in [9.17, 15) is 0 Å². The predicted molar refractivity (Wildman–Crippen MR) is 125 cm³/mol. The van der Waals surface area contributed by atoms with E-state index in [-0.39, 0.29) is 24.4 Å². The minimum Gasteiger partial charge on any atom is -0.373 e. The molecule has 6 atom stereocenters. The van der Waals surface area contributed by atoms with Crippen LogP contribution in [-0.4, -0.2) is 50.8 Å². The van der Waals surface area contributed by atoms with Crippen LogP contribution >= 0.6 is 0 Å². The number of aryl methyl sites for hydroxylation is 4. The fourth-order valence-corrected chi connectivity index (χ4v) is 5.46. The van der Waals surface area contributed by atoms with Gasteiger partial charge in [-0.05, 0) is 72.2 Å². The summed E-state index contributed by atoms with van der Waals surface area (Å²) < 4.78 is 29.5. The Morgan fingerprint density at radius 1 is 0.636 bits per heavy atom. The third kappa shape index (κ3) is 4.89. The molecule has 0 bridgehead atoms. The molecule has 0 aromatic heterocycles. The molecule has 33 heavy (non-hydrogen) atoms. The van der Waals surface area contributed by atoms with Crippen LogP contribution in [0.4, 0.5) is 0 Å². The summed E-state index contributed by atoms with van der Waals surface area (Å²) >= 11 is 0. The van der Waals surface area contributed by atoms with Crippen molar-refractivity contribution in [2.45, 2.75) is 77.2 Å². The highest BCUT2D eigenvalue weighted by atomic mass is 16.6. The molecule has 4 aliphatic heterocycles. The molecule has 6 unspecified atom stereocenters. The van der Waals surface area contributed by atoms with Crippen molar-refractivity contribution in [1.82, 2.24) is 0 Å². The van der Waals surface area contributed by atoms with Gasteiger partial charge in [-0.1, -0.05) is 24.3 Å². The molecule has 0 N–H and O–H groups in total. The lowest BCUT2D eigenvalue weighted by Gasteiger charge is -2.28. The van der Waals surface area contributed by atoms with E-state index in [1.807, 2.05) is 0 Å². The Bertz CT molecular complexity index is 917. The second kappa shape index (κ2) is 8.47. The maximum atomic E-state index is 6.96. The average molecular weight is 451 g/mol. The molecule has 4 aliphatic rings. The number of benzene rings is 2. The molecule has 6 rings (SSSR count). The van der Waals surface area contributed by atoms with Crippen molar-refractivity contribution in [2.24, 2.45) is 0 Å². The number of epoxide rings is 4. The van der Waals surface area contributed by atoms with Gasteiger partial charge in [0.05, 0.1) is 38.6 Å². The van der Waals surface area contributed by atoms with Crippen molar-refractivity contribution >= 4 is 0 Å². The largest absolute Gasteiger partial charge is 0.373 e. The molecule has 4 fully saturated rings. The standard InChI is InChI=1S/C28H34O5/c1-15-5-19(9-21-11-29-21)6-16(2)25(15)27(23-13-31-23)33-28(24-14-32-24)26-17(3)7-20(8-18(26)4)10-22-12-30-22/h5-8,21-24,27-28H,9-14H2,1-4H3. The molecule has 4 heterocycles. The fourth-order valence-electron chi connectivity index (χ4n) is 5.46. The number of ether oxygens (including phenoxy) is 5. The molecular weight excluding hydrogens is 416 g/mol. The molecule has 0 aliphatic carbocycles. The van der Waals surface area contributed by atoms with E-state index >= 15 is 0 Å². The minimum absolute atomic E-state index is 0.0937. The van der Waals surface area contributed by atoms with Crippen LogP contribution in [0, 0.1) is 27.7 Å². The Morgan fingerprint density at radius 3 is 1.24 bits per heavy atom. The topological polar surface area (TPSA) is 59.4 Å². The van der Waals surface area contributed by atoms with E-state index in [2.05, 4.69) is 52.0 Å². The predicted octanol–water partition coefficient (Wildman–Crippen LogP) is 4.40. The van der Waals surface area contributed by atoms with Gasteiger partial charge >= 0.3 is 0 Å². The van der Waals surface area contributed by atoms with Crippen LogP contribution in [0.25, 0.3) is 0 Å². The zero-order valence-corrected chi connectivity index (χ0v) is 20.1. The van der Waals surface area contributed by atoms with Gasteiger partial charge in [0.2, 0.25) is 0 Å². The van der Waals surface area contributed by atoms with Crippen molar-refractivity contribution in [3.8, 4) is 0 Å². The Balaban J connectivity index is 1.30. The van der Waals surface area contributed by atoms with Gasteiger partial charge in [0, 0.05) is 12.8 Å². The van der Waals surface area contributed by atoms with Crippen LogP contribution in [-0.2, 0) is 36.5 Å². The van der Waals surface area contributed by atoms with E-state index in [0.29, 0.717) is 12.2 Å².